The summed E-state index contributed by atoms with van der Waals surface area (Å²) < 4.78 is 6.80. The van der Waals surface area contributed by atoms with E-state index in [4.69, 9.17) is 4.74 Å². The zero-order valence-corrected chi connectivity index (χ0v) is 14.9. The lowest BCUT2D eigenvalue weighted by Crippen LogP contribution is -2.26. The quantitative estimate of drug-likeness (QED) is 0.740. The Bertz CT molecular complexity index is 641. The monoisotopic (exact) mass is 411 g/mol. The zero-order chi connectivity index (χ0) is 15.4. The standard InChI is InChI=1S/C16H15Br2NO2/c1-19(10-11-3-6-13(21-2)7-4-11)16(20)14-9-12(17)5-8-15(14)18/h3-9H,10H2,1-2H3. The SMILES string of the molecule is COc1ccc(CN(C)C(=O)c2cc(Br)ccc2Br)cc1. The van der Waals surface area contributed by atoms with Gasteiger partial charge in [-0.3, -0.25) is 4.79 Å². The second-order valence-corrected chi connectivity index (χ2v) is 6.40. The molecule has 2 aromatic carbocycles. The topological polar surface area (TPSA) is 29.5 Å². The molecule has 3 nitrogen and oxygen atoms in total. The Morgan fingerprint density at radius 1 is 1.14 bits per heavy atom. The summed E-state index contributed by atoms with van der Waals surface area (Å²) in [5.41, 5.74) is 1.69. The first-order valence-corrected chi connectivity index (χ1v) is 7.93. The Morgan fingerprint density at radius 2 is 1.81 bits per heavy atom. The van der Waals surface area contributed by atoms with Gasteiger partial charge in [-0.25, -0.2) is 0 Å². The van der Waals surface area contributed by atoms with Gasteiger partial charge in [0.05, 0.1) is 12.7 Å². The van der Waals surface area contributed by atoms with E-state index in [-0.39, 0.29) is 5.91 Å². The molecule has 0 N–H and O–H groups in total. The first-order valence-electron chi connectivity index (χ1n) is 6.34. The lowest BCUT2D eigenvalue weighted by molar-refractivity contribution is 0.0784. The maximum Gasteiger partial charge on any atom is 0.255 e. The van der Waals surface area contributed by atoms with Crippen LogP contribution in [0.1, 0.15) is 15.9 Å². The molecule has 0 unspecified atom stereocenters. The van der Waals surface area contributed by atoms with Crippen LogP contribution in [0.5, 0.6) is 5.75 Å². The van der Waals surface area contributed by atoms with E-state index in [2.05, 4.69) is 31.9 Å². The third-order valence-electron chi connectivity index (χ3n) is 3.08. The number of carbonyl (C=O) groups is 1. The van der Waals surface area contributed by atoms with Crippen molar-refractivity contribution in [1.29, 1.82) is 0 Å². The Labute approximate surface area is 141 Å². The number of carbonyl (C=O) groups excluding carboxylic acids is 1. The highest BCUT2D eigenvalue weighted by Gasteiger charge is 2.15. The molecule has 0 bridgehead atoms. The number of ether oxygens (including phenoxy) is 1. The fraction of sp³-hybridized carbons (Fsp3) is 0.188. The van der Waals surface area contributed by atoms with Gasteiger partial charge < -0.3 is 9.64 Å². The summed E-state index contributed by atoms with van der Waals surface area (Å²) in [6, 6.07) is 13.3. The van der Waals surface area contributed by atoms with Gasteiger partial charge in [0.25, 0.3) is 5.91 Å². The van der Waals surface area contributed by atoms with Gasteiger partial charge in [-0.05, 0) is 51.8 Å². The van der Waals surface area contributed by atoms with Gasteiger partial charge in [0, 0.05) is 22.5 Å². The largest absolute Gasteiger partial charge is 0.497 e. The number of hydrogen-bond acceptors (Lipinski definition) is 2. The third-order valence-corrected chi connectivity index (χ3v) is 4.27. The molecule has 2 aromatic rings. The Balaban J connectivity index is 2.13. The molecule has 0 aliphatic rings. The smallest absolute Gasteiger partial charge is 0.255 e. The predicted molar refractivity (Wildman–Crippen MR) is 90.6 cm³/mol. The van der Waals surface area contributed by atoms with Crippen molar-refractivity contribution in [3.05, 3.63) is 62.5 Å². The van der Waals surface area contributed by atoms with Crippen LogP contribution in [0, 0.1) is 0 Å². The molecule has 1 amide bonds. The normalized spacial score (nSPS) is 10.3. The van der Waals surface area contributed by atoms with Gasteiger partial charge in [0.1, 0.15) is 5.75 Å². The van der Waals surface area contributed by atoms with E-state index in [0.29, 0.717) is 12.1 Å². The second-order valence-electron chi connectivity index (χ2n) is 4.63. The summed E-state index contributed by atoms with van der Waals surface area (Å²) in [5, 5.41) is 0. The highest BCUT2D eigenvalue weighted by atomic mass is 79.9. The average molecular weight is 413 g/mol. The number of benzene rings is 2. The van der Waals surface area contributed by atoms with Gasteiger partial charge in [0.2, 0.25) is 0 Å². The Kier molecular flexibility index (Phi) is 5.42. The Morgan fingerprint density at radius 3 is 2.43 bits per heavy atom. The summed E-state index contributed by atoms with van der Waals surface area (Å²) in [5.74, 6) is 0.779. The first-order chi connectivity index (χ1) is 10.0. The molecule has 2 rings (SSSR count). The van der Waals surface area contributed by atoms with Gasteiger partial charge in [0.15, 0.2) is 0 Å². The average Bonchev–Trinajstić information content (AvgIpc) is 2.49. The summed E-state index contributed by atoms with van der Waals surface area (Å²) in [6.45, 7) is 0.543. The lowest BCUT2D eigenvalue weighted by Gasteiger charge is -2.18. The van der Waals surface area contributed by atoms with Crippen molar-refractivity contribution in [1.82, 2.24) is 4.90 Å². The molecule has 0 saturated carbocycles. The number of methoxy groups -OCH3 is 1. The van der Waals surface area contributed by atoms with Crippen LogP contribution >= 0.6 is 31.9 Å². The lowest BCUT2D eigenvalue weighted by atomic mass is 10.1. The molecule has 0 radical (unpaired) electrons. The van der Waals surface area contributed by atoms with Crippen LogP contribution < -0.4 is 4.74 Å². The molecule has 0 saturated heterocycles. The highest BCUT2D eigenvalue weighted by molar-refractivity contribution is 9.11. The molecule has 0 aromatic heterocycles. The van der Waals surface area contributed by atoms with E-state index < -0.39 is 0 Å². The molecule has 0 fully saturated rings. The fourth-order valence-corrected chi connectivity index (χ4v) is 2.72. The predicted octanol–water partition coefficient (Wildman–Crippen LogP) is 4.49. The minimum absolute atomic E-state index is 0.0287. The number of rotatable bonds is 4. The van der Waals surface area contributed by atoms with E-state index in [1.165, 1.54) is 0 Å². The van der Waals surface area contributed by atoms with Crippen molar-refractivity contribution >= 4 is 37.8 Å². The zero-order valence-electron chi connectivity index (χ0n) is 11.8. The maximum absolute atomic E-state index is 12.5. The van der Waals surface area contributed by atoms with Gasteiger partial charge in [-0.2, -0.15) is 0 Å². The molecule has 0 spiro atoms. The molecule has 110 valence electrons. The van der Waals surface area contributed by atoms with Crippen LogP contribution in [0.4, 0.5) is 0 Å². The van der Waals surface area contributed by atoms with Crippen LogP contribution in [0.2, 0.25) is 0 Å². The molecular weight excluding hydrogens is 398 g/mol. The summed E-state index contributed by atoms with van der Waals surface area (Å²) in [6.07, 6.45) is 0. The second kappa shape index (κ2) is 7.09. The number of hydrogen-bond donors (Lipinski definition) is 0. The van der Waals surface area contributed by atoms with Crippen molar-refractivity contribution < 1.29 is 9.53 Å². The maximum atomic E-state index is 12.5. The van der Waals surface area contributed by atoms with E-state index in [0.717, 1.165) is 20.3 Å². The fourth-order valence-electron chi connectivity index (χ4n) is 1.94. The summed E-state index contributed by atoms with van der Waals surface area (Å²) >= 11 is 6.81. The Hall–Kier alpha value is -1.33. The number of halogens is 2. The van der Waals surface area contributed by atoms with Gasteiger partial charge in [-0.1, -0.05) is 28.1 Å². The van der Waals surface area contributed by atoms with Crippen molar-refractivity contribution in [3.8, 4) is 5.75 Å². The third kappa shape index (κ3) is 4.08. The van der Waals surface area contributed by atoms with Crippen LogP contribution in [-0.2, 0) is 6.54 Å². The van der Waals surface area contributed by atoms with E-state index in [1.807, 2.05) is 42.5 Å². The van der Waals surface area contributed by atoms with Crippen molar-refractivity contribution in [3.63, 3.8) is 0 Å². The molecule has 0 heterocycles. The van der Waals surface area contributed by atoms with Crippen LogP contribution in [0.15, 0.2) is 51.4 Å². The van der Waals surface area contributed by atoms with Crippen LogP contribution in [0.25, 0.3) is 0 Å². The van der Waals surface area contributed by atoms with Crippen molar-refractivity contribution in [2.45, 2.75) is 6.54 Å². The molecule has 0 atom stereocenters. The van der Waals surface area contributed by atoms with Crippen molar-refractivity contribution in [2.24, 2.45) is 0 Å². The van der Waals surface area contributed by atoms with Crippen LogP contribution in [0.3, 0.4) is 0 Å². The van der Waals surface area contributed by atoms with Gasteiger partial charge in [-0.15, -0.1) is 0 Å². The highest BCUT2D eigenvalue weighted by Crippen LogP contribution is 2.23. The minimum atomic E-state index is -0.0287. The van der Waals surface area contributed by atoms with Gasteiger partial charge >= 0.3 is 0 Å². The first kappa shape index (κ1) is 16.0. The molecule has 0 aliphatic heterocycles. The van der Waals surface area contributed by atoms with Crippen LogP contribution in [-0.4, -0.2) is 25.0 Å². The van der Waals surface area contributed by atoms with E-state index in [9.17, 15) is 4.79 Å². The minimum Gasteiger partial charge on any atom is -0.497 e. The molecule has 0 aliphatic carbocycles. The van der Waals surface area contributed by atoms with E-state index >= 15 is 0 Å². The number of amides is 1. The summed E-state index contributed by atoms with van der Waals surface area (Å²) in [7, 11) is 3.43. The summed E-state index contributed by atoms with van der Waals surface area (Å²) in [4.78, 5) is 14.2. The molecular formula is C16H15Br2NO2. The number of nitrogens with zero attached hydrogens (tertiary/aromatic N) is 1. The molecule has 21 heavy (non-hydrogen) atoms. The van der Waals surface area contributed by atoms with Crippen molar-refractivity contribution in [2.75, 3.05) is 14.2 Å². The van der Waals surface area contributed by atoms with E-state index in [1.54, 1.807) is 19.1 Å². The molecule has 5 heteroatoms.